The van der Waals surface area contributed by atoms with E-state index >= 15 is 0 Å². The molecule has 1 N–H and O–H groups in total. The average molecular weight is 232 g/mol. The van der Waals surface area contributed by atoms with Crippen molar-refractivity contribution in [3.8, 4) is 6.07 Å². The number of aliphatic hydroxyl groups excluding tert-OH is 1. The Morgan fingerprint density at radius 1 is 1.67 bits per heavy atom. The van der Waals surface area contributed by atoms with Gasteiger partial charge in [0.15, 0.2) is 5.25 Å². The van der Waals surface area contributed by atoms with Gasteiger partial charge in [-0.25, -0.2) is 12.7 Å². The second-order valence-corrected chi connectivity index (χ2v) is 6.09. The second kappa shape index (κ2) is 4.92. The summed E-state index contributed by atoms with van der Waals surface area (Å²) >= 11 is 0. The van der Waals surface area contributed by atoms with Gasteiger partial charge in [0.1, 0.15) is 0 Å². The lowest BCUT2D eigenvalue weighted by Gasteiger charge is -2.17. The zero-order valence-corrected chi connectivity index (χ0v) is 9.57. The van der Waals surface area contributed by atoms with Gasteiger partial charge in [-0.15, -0.1) is 0 Å². The molecule has 5 nitrogen and oxygen atoms in total. The lowest BCUT2D eigenvalue weighted by molar-refractivity contribution is 0.259. The predicted octanol–water partition coefficient (Wildman–Crippen LogP) is -0.0674. The first-order chi connectivity index (χ1) is 7.02. The monoisotopic (exact) mass is 232 g/mol. The highest BCUT2D eigenvalue weighted by Gasteiger charge is 2.34. The van der Waals surface area contributed by atoms with Crippen molar-refractivity contribution in [3.05, 3.63) is 0 Å². The third-order valence-electron chi connectivity index (χ3n) is 2.77. The highest BCUT2D eigenvalue weighted by Crippen LogP contribution is 2.23. The molecule has 2 unspecified atom stereocenters. The number of rotatable bonds is 4. The standard InChI is InChI=1S/C9H16N2O3S/c1-8(6-10)15(13,14)11-4-2-9(7-11)3-5-12/h8-9,12H,2-5,7H2,1H3. The molecule has 2 atom stereocenters. The van der Waals surface area contributed by atoms with Gasteiger partial charge in [-0.3, -0.25) is 0 Å². The maximum atomic E-state index is 11.8. The SMILES string of the molecule is CC(C#N)S(=O)(=O)N1CCC(CCO)C1. The van der Waals surface area contributed by atoms with E-state index in [9.17, 15) is 8.42 Å². The minimum atomic E-state index is -3.45. The largest absolute Gasteiger partial charge is 0.396 e. The summed E-state index contributed by atoms with van der Waals surface area (Å²) < 4.78 is 24.9. The molecule has 0 aliphatic carbocycles. The molecule has 0 aromatic rings. The lowest BCUT2D eigenvalue weighted by Crippen LogP contribution is -2.35. The van der Waals surface area contributed by atoms with Crippen LogP contribution >= 0.6 is 0 Å². The summed E-state index contributed by atoms with van der Waals surface area (Å²) in [5, 5.41) is 16.4. The molecule has 15 heavy (non-hydrogen) atoms. The van der Waals surface area contributed by atoms with Crippen molar-refractivity contribution < 1.29 is 13.5 Å². The van der Waals surface area contributed by atoms with Crippen molar-refractivity contribution >= 4 is 10.0 Å². The van der Waals surface area contributed by atoms with E-state index in [1.807, 2.05) is 0 Å². The maximum absolute atomic E-state index is 11.8. The van der Waals surface area contributed by atoms with Crippen molar-refractivity contribution in [3.63, 3.8) is 0 Å². The fourth-order valence-electron chi connectivity index (χ4n) is 1.74. The molecule has 86 valence electrons. The fourth-order valence-corrected chi connectivity index (χ4v) is 3.10. The minimum absolute atomic E-state index is 0.0896. The Morgan fingerprint density at radius 3 is 2.87 bits per heavy atom. The molecule has 0 aromatic carbocycles. The Balaban J connectivity index is 2.65. The summed E-state index contributed by atoms with van der Waals surface area (Å²) in [7, 11) is -3.45. The average Bonchev–Trinajstić information content (AvgIpc) is 2.66. The van der Waals surface area contributed by atoms with Gasteiger partial charge in [0.05, 0.1) is 6.07 Å². The Kier molecular flexibility index (Phi) is 4.08. The van der Waals surface area contributed by atoms with E-state index in [1.165, 1.54) is 11.2 Å². The van der Waals surface area contributed by atoms with Gasteiger partial charge < -0.3 is 5.11 Å². The van der Waals surface area contributed by atoms with Gasteiger partial charge in [0.25, 0.3) is 0 Å². The van der Waals surface area contributed by atoms with Crippen LogP contribution in [0.15, 0.2) is 0 Å². The van der Waals surface area contributed by atoms with Crippen LogP contribution in [0.4, 0.5) is 0 Å². The summed E-state index contributed by atoms with van der Waals surface area (Å²) in [6.07, 6.45) is 1.41. The molecule has 1 fully saturated rings. The molecule has 1 heterocycles. The Bertz CT molecular complexity index is 347. The molecule has 0 radical (unpaired) electrons. The van der Waals surface area contributed by atoms with Crippen LogP contribution in [0.5, 0.6) is 0 Å². The molecule has 0 bridgehead atoms. The van der Waals surface area contributed by atoms with E-state index in [1.54, 1.807) is 6.07 Å². The highest BCUT2D eigenvalue weighted by molar-refractivity contribution is 7.89. The number of sulfonamides is 1. The van der Waals surface area contributed by atoms with E-state index < -0.39 is 15.3 Å². The Hall–Kier alpha value is -0.640. The number of hydrogen-bond donors (Lipinski definition) is 1. The van der Waals surface area contributed by atoms with Crippen LogP contribution in [-0.4, -0.2) is 42.8 Å². The molecule has 0 saturated carbocycles. The molecule has 1 aliphatic heterocycles. The summed E-state index contributed by atoms with van der Waals surface area (Å²) in [6.45, 7) is 2.40. The molecule has 1 rings (SSSR count). The lowest BCUT2D eigenvalue weighted by atomic mass is 10.1. The number of nitrogens with zero attached hydrogens (tertiary/aromatic N) is 2. The first-order valence-corrected chi connectivity index (χ1v) is 6.52. The third kappa shape index (κ3) is 2.68. The summed E-state index contributed by atoms with van der Waals surface area (Å²) in [4.78, 5) is 0. The van der Waals surface area contributed by atoms with Crippen LogP contribution in [0.3, 0.4) is 0 Å². The van der Waals surface area contributed by atoms with Crippen molar-refractivity contribution in [2.75, 3.05) is 19.7 Å². The first kappa shape index (κ1) is 12.4. The van der Waals surface area contributed by atoms with Gasteiger partial charge in [-0.05, 0) is 25.7 Å². The number of hydrogen-bond acceptors (Lipinski definition) is 4. The molecule has 0 aromatic heterocycles. The van der Waals surface area contributed by atoms with Crippen molar-refractivity contribution in [1.29, 1.82) is 5.26 Å². The predicted molar refractivity (Wildman–Crippen MR) is 55.4 cm³/mol. The second-order valence-electron chi connectivity index (χ2n) is 3.84. The molecule has 0 amide bonds. The zero-order valence-electron chi connectivity index (χ0n) is 8.76. The van der Waals surface area contributed by atoms with E-state index in [4.69, 9.17) is 10.4 Å². The van der Waals surface area contributed by atoms with Crippen LogP contribution < -0.4 is 0 Å². The Labute approximate surface area is 90.4 Å². The number of nitriles is 1. The molecule has 1 saturated heterocycles. The molecule has 6 heteroatoms. The van der Waals surface area contributed by atoms with Gasteiger partial charge >= 0.3 is 0 Å². The van der Waals surface area contributed by atoms with E-state index in [0.29, 0.717) is 19.5 Å². The van der Waals surface area contributed by atoms with Gasteiger partial charge in [-0.1, -0.05) is 0 Å². The van der Waals surface area contributed by atoms with Gasteiger partial charge in [0.2, 0.25) is 10.0 Å². The molecule has 0 spiro atoms. The van der Waals surface area contributed by atoms with Crippen LogP contribution in [0.1, 0.15) is 19.8 Å². The van der Waals surface area contributed by atoms with E-state index in [2.05, 4.69) is 0 Å². The topological polar surface area (TPSA) is 81.4 Å². The highest BCUT2D eigenvalue weighted by atomic mass is 32.2. The van der Waals surface area contributed by atoms with Crippen LogP contribution in [0.2, 0.25) is 0 Å². The first-order valence-electron chi connectivity index (χ1n) is 5.01. The smallest absolute Gasteiger partial charge is 0.230 e. The quantitative estimate of drug-likeness (QED) is 0.735. The van der Waals surface area contributed by atoms with Gasteiger partial charge in [-0.2, -0.15) is 5.26 Å². The zero-order chi connectivity index (χ0) is 11.5. The number of aliphatic hydroxyl groups is 1. The van der Waals surface area contributed by atoms with Crippen LogP contribution in [0.25, 0.3) is 0 Å². The van der Waals surface area contributed by atoms with E-state index in [0.717, 1.165) is 6.42 Å². The van der Waals surface area contributed by atoms with Crippen molar-refractivity contribution in [2.45, 2.75) is 25.0 Å². The normalized spacial score (nSPS) is 25.0. The molecule has 1 aliphatic rings. The summed E-state index contributed by atoms with van der Waals surface area (Å²) in [6, 6.07) is 1.75. The maximum Gasteiger partial charge on any atom is 0.230 e. The summed E-state index contributed by atoms with van der Waals surface area (Å²) in [5.74, 6) is 0.232. The van der Waals surface area contributed by atoms with Gasteiger partial charge in [0, 0.05) is 19.7 Å². The Morgan fingerprint density at radius 2 is 2.33 bits per heavy atom. The third-order valence-corrected chi connectivity index (χ3v) is 4.82. The van der Waals surface area contributed by atoms with Crippen molar-refractivity contribution in [1.82, 2.24) is 4.31 Å². The van der Waals surface area contributed by atoms with Crippen molar-refractivity contribution in [2.24, 2.45) is 5.92 Å². The van der Waals surface area contributed by atoms with Crippen LogP contribution in [-0.2, 0) is 10.0 Å². The fraction of sp³-hybridized carbons (Fsp3) is 0.889. The minimum Gasteiger partial charge on any atom is -0.396 e. The van der Waals surface area contributed by atoms with E-state index in [-0.39, 0.29) is 12.5 Å². The van der Waals surface area contributed by atoms with Crippen LogP contribution in [0, 0.1) is 17.2 Å². The molecular formula is C9H16N2O3S. The summed E-state index contributed by atoms with van der Waals surface area (Å²) in [5.41, 5.74) is 0. The molecular weight excluding hydrogens is 216 g/mol.